The van der Waals surface area contributed by atoms with Crippen molar-refractivity contribution in [1.82, 2.24) is 20.4 Å². The highest BCUT2D eigenvalue weighted by Gasteiger charge is 2.42. The Balaban J connectivity index is 1.74. The molecule has 1 aliphatic rings. The second kappa shape index (κ2) is 10.3. The first kappa shape index (κ1) is 24.0. The number of amides is 3. The Morgan fingerprint density at radius 2 is 1.79 bits per heavy atom. The fourth-order valence-corrected chi connectivity index (χ4v) is 4.16. The van der Waals surface area contributed by atoms with E-state index in [2.05, 4.69) is 15.7 Å². The van der Waals surface area contributed by atoms with Crippen LogP contribution in [0.1, 0.15) is 44.6 Å². The summed E-state index contributed by atoms with van der Waals surface area (Å²) in [4.78, 5) is 48.1. The molecule has 0 aliphatic heterocycles. The third kappa shape index (κ3) is 5.76. The molecule has 10 nitrogen and oxygen atoms in total. The molecule has 5 N–H and O–H groups in total. The number of nitrogens with one attached hydrogen (secondary N) is 2. The van der Waals surface area contributed by atoms with E-state index in [9.17, 15) is 24.3 Å². The van der Waals surface area contributed by atoms with Crippen molar-refractivity contribution < 1.29 is 19.5 Å². The number of hydrogen-bond donors (Lipinski definition) is 4. The molecular formula is C23H29N5O5. The maximum absolute atomic E-state index is 13.0. The molecule has 3 amide bonds. The van der Waals surface area contributed by atoms with Crippen LogP contribution in [-0.2, 0) is 22.6 Å². The molecule has 1 aromatic carbocycles. The molecule has 1 saturated carbocycles. The summed E-state index contributed by atoms with van der Waals surface area (Å²) in [5.41, 5.74) is 6.31. The number of hydrogen-bond acceptors (Lipinski definition) is 5. The average Bonchev–Trinajstić information content (AvgIpc) is 2.79. The molecule has 1 atom stereocenters. The summed E-state index contributed by atoms with van der Waals surface area (Å²) in [5, 5.41) is 18.6. The van der Waals surface area contributed by atoms with Gasteiger partial charge in [0, 0.05) is 24.6 Å². The van der Waals surface area contributed by atoms with E-state index in [4.69, 9.17) is 5.73 Å². The molecule has 1 aliphatic carbocycles. The molecule has 10 heteroatoms. The van der Waals surface area contributed by atoms with E-state index in [1.165, 1.54) is 10.7 Å². The lowest BCUT2D eigenvalue weighted by molar-refractivity contribution is -0.132. The SMILES string of the molecule is CCn1nc(-c2ccc(CC(NC(=O)C3(NC(=O)O)CCCCC3)C(N)=O)cc2)ccc1=O. The van der Waals surface area contributed by atoms with Crippen molar-refractivity contribution >= 4 is 17.9 Å². The molecule has 0 spiro atoms. The molecule has 0 radical (unpaired) electrons. The van der Waals surface area contributed by atoms with Gasteiger partial charge in [0.1, 0.15) is 11.6 Å². The first-order chi connectivity index (χ1) is 15.7. The summed E-state index contributed by atoms with van der Waals surface area (Å²) in [6.07, 6.45) is 1.99. The van der Waals surface area contributed by atoms with E-state index in [-0.39, 0.29) is 12.0 Å². The van der Waals surface area contributed by atoms with Crippen LogP contribution in [0.2, 0.25) is 0 Å². The molecule has 0 saturated heterocycles. The first-order valence-electron chi connectivity index (χ1n) is 11.0. The van der Waals surface area contributed by atoms with Crippen LogP contribution < -0.4 is 21.9 Å². The minimum atomic E-state index is -1.28. The minimum Gasteiger partial charge on any atom is -0.465 e. The van der Waals surface area contributed by atoms with Crippen molar-refractivity contribution in [2.24, 2.45) is 5.73 Å². The summed E-state index contributed by atoms with van der Waals surface area (Å²) in [6, 6.07) is 9.35. The van der Waals surface area contributed by atoms with Crippen molar-refractivity contribution in [3.8, 4) is 11.3 Å². The highest BCUT2D eigenvalue weighted by molar-refractivity contribution is 5.93. The summed E-state index contributed by atoms with van der Waals surface area (Å²) in [5.74, 6) is -1.23. The molecule has 1 heterocycles. The van der Waals surface area contributed by atoms with E-state index >= 15 is 0 Å². The van der Waals surface area contributed by atoms with Gasteiger partial charge in [-0.2, -0.15) is 5.10 Å². The van der Waals surface area contributed by atoms with Gasteiger partial charge in [-0.25, -0.2) is 9.48 Å². The van der Waals surface area contributed by atoms with Gasteiger partial charge in [0.05, 0.1) is 5.69 Å². The predicted molar refractivity (Wildman–Crippen MR) is 121 cm³/mol. The molecular weight excluding hydrogens is 426 g/mol. The van der Waals surface area contributed by atoms with E-state index in [1.807, 2.05) is 19.1 Å². The number of benzene rings is 1. The third-order valence-corrected chi connectivity index (χ3v) is 5.99. The lowest BCUT2D eigenvalue weighted by atomic mass is 9.80. The number of primary amides is 1. The van der Waals surface area contributed by atoms with Crippen LogP contribution in [-0.4, -0.2) is 44.4 Å². The van der Waals surface area contributed by atoms with Gasteiger partial charge in [-0.3, -0.25) is 14.4 Å². The van der Waals surface area contributed by atoms with Gasteiger partial charge in [-0.05, 0) is 31.4 Å². The van der Waals surface area contributed by atoms with E-state index in [0.29, 0.717) is 25.1 Å². The van der Waals surface area contributed by atoms with Gasteiger partial charge in [-0.15, -0.1) is 0 Å². The van der Waals surface area contributed by atoms with Crippen molar-refractivity contribution in [2.75, 3.05) is 0 Å². The van der Waals surface area contributed by atoms with Gasteiger partial charge in [-0.1, -0.05) is 43.5 Å². The highest BCUT2D eigenvalue weighted by Crippen LogP contribution is 2.29. The van der Waals surface area contributed by atoms with Gasteiger partial charge >= 0.3 is 6.09 Å². The summed E-state index contributed by atoms with van der Waals surface area (Å²) < 4.78 is 1.37. The highest BCUT2D eigenvalue weighted by atomic mass is 16.4. The maximum atomic E-state index is 13.0. The van der Waals surface area contributed by atoms with Gasteiger partial charge in [0.25, 0.3) is 5.56 Å². The second-order valence-electron chi connectivity index (χ2n) is 8.27. The average molecular weight is 456 g/mol. The standard InChI is InChI=1S/C23H29N5O5/c1-2-28-19(29)11-10-17(27-28)16-8-6-15(7-9-16)14-18(20(24)30)25-21(31)23(26-22(32)33)12-4-3-5-13-23/h6-11,18,26H,2-5,12-14H2,1H3,(H2,24,30)(H,25,31)(H,32,33). The minimum absolute atomic E-state index is 0.159. The van der Waals surface area contributed by atoms with Crippen LogP contribution in [0.5, 0.6) is 0 Å². The Morgan fingerprint density at radius 1 is 1.12 bits per heavy atom. The van der Waals surface area contributed by atoms with Gasteiger partial charge < -0.3 is 21.5 Å². The van der Waals surface area contributed by atoms with E-state index < -0.39 is 29.5 Å². The fourth-order valence-electron chi connectivity index (χ4n) is 4.16. The van der Waals surface area contributed by atoms with Crippen molar-refractivity contribution in [3.05, 3.63) is 52.3 Å². The number of carbonyl (C=O) groups is 3. The number of aromatic nitrogens is 2. The van der Waals surface area contributed by atoms with Crippen molar-refractivity contribution in [3.63, 3.8) is 0 Å². The molecule has 0 bridgehead atoms. The molecule has 176 valence electrons. The van der Waals surface area contributed by atoms with Gasteiger partial charge in [0.15, 0.2) is 0 Å². The zero-order valence-corrected chi connectivity index (χ0v) is 18.5. The van der Waals surface area contributed by atoms with Gasteiger partial charge in [0.2, 0.25) is 11.8 Å². The Kier molecular flexibility index (Phi) is 7.47. The number of carboxylic acid groups (broad SMARTS) is 1. The number of rotatable bonds is 8. The normalized spacial score (nSPS) is 15.9. The monoisotopic (exact) mass is 455 g/mol. The third-order valence-electron chi connectivity index (χ3n) is 5.99. The fraction of sp³-hybridized carbons (Fsp3) is 0.435. The van der Waals surface area contributed by atoms with Crippen LogP contribution in [0, 0.1) is 0 Å². The number of aryl methyl sites for hydroxylation is 1. The smallest absolute Gasteiger partial charge is 0.405 e. The van der Waals surface area contributed by atoms with Crippen LogP contribution >= 0.6 is 0 Å². The molecule has 3 rings (SSSR count). The summed E-state index contributed by atoms with van der Waals surface area (Å²) in [7, 11) is 0. The van der Waals surface area contributed by atoms with Crippen molar-refractivity contribution in [1.29, 1.82) is 0 Å². The van der Waals surface area contributed by atoms with Crippen molar-refractivity contribution in [2.45, 2.75) is 63.6 Å². The van der Waals surface area contributed by atoms with Crippen LogP contribution in [0.15, 0.2) is 41.2 Å². The van der Waals surface area contributed by atoms with Crippen LogP contribution in [0.3, 0.4) is 0 Å². The first-order valence-corrected chi connectivity index (χ1v) is 11.0. The van der Waals surface area contributed by atoms with E-state index in [0.717, 1.165) is 30.4 Å². The molecule has 1 unspecified atom stereocenters. The maximum Gasteiger partial charge on any atom is 0.405 e. The Morgan fingerprint density at radius 3 is 2.36 bits per heavy atom. The van der Waals surface area contributed by atoms with E-state index in [1.54, 1.807) is 18.2 Å². The lowest BCUT2D eigenvalue weighted by Crippen LogP contribution is -2.62. The summed E-state index contributed by atoms with van der Waals surface area (Å²) in [6.45, 7) is 2.30. The summed E-state index contributed by atoms with van der Waals surface area (Å²) >= 11 is 0. The quantitative estimate of drug-likeness (QED) is 0.471. The topological polar surface area (TPSA) is 156 Å². The number of carbonyl (C=O) groups excluding carboxylic acids is 2. The molecule has 2 aromatic rings. The van der Waals surface area contributed by atoms with Crippen LogP contribution in [0.25, 0.3) is 11.3 Å². The zero-order valence-electron chi connectivity index (χ0n) is 18.5. The lowest BCUT2D eigenvalue weighted by Gasteiger charge is -2.36. The number of nitrogens with two attached hydrogens (primary N) is 1. The Bertz CT molecular complexity index is 1070. The molecule has 1 aromatic heterocycles. The molecule has 33 heavy (non-hydrogen) atoms. The number of nitrogens with zero attached hydrogens (tertiary/aromatic N) is 2. The molecule has 1 fully saturated rings. The second-order valence-corrected chi connectivity index (χ2v) is 8.27. The predicted octanol–water partition coefficient (Wildman–Crippen LogP) is 1.41. The Labute approximate surface area is 191 Å². The Hall–Kier alpha value is -3.69. The van der Waals surface area contributed by atoms with Crippen LogP contribution in [0.4, 0.5) is 4.79 Å². The zero-order chi connectivity index (χ0) is 24.0. The largest absolute Gasteiger partial charge is 0.465 e.